The van der Waals surface area contributed by atoms with Crippen LogP contribution in [0.3, 0.4) is 0 Å². The average Bonchev–Trinajstić information content (AvgIpc) is 3.53. The second kappa shape index (κ2) is 11.2. The molecule has 0 radical (unpaired) electrons. The number of esters is 1. The van der Waals surface area contributed by atoms with Gasteiger partial charge in [0.1, 0.15) is 23.8 Å². The van der Waals surface area contributed by atoms with Crippen molar-refractivity contribution in [3.05, 3.63) is 104 Å². The van der Waals surface area contributed by atoms with E-state index < -0.39 is 5.97 Å². The van der Waals surface area contributed by atoms with Crippen molar-refractivity contribution >= 4 is 46.5 Å². The Bertz CT molecular complexity index is 1610. The minimum atomic E-state index is -0.408. The molecule has 1 saturated carbocycles. The van der Waals surface area contributed by atoms with E-state index in [9.17, 15) is 4.79 Å². The summed E-state index contributed by atoms with van der Waals surface area (Å²) in [5, 5.41) is 10.0. The third kappa shape index (κ3) is 5.29. The summed E-state index contributed by atoms with van der Waals surface area (Å²) >= 11 is 19.6. The average molecular weight is 598 g/mol. The third-order valence-corrected chi connectivity index (χ3v) is 7.91. The Kier molecular flexibility index (Phi) is 7.45. The highest BCUT2D eigenvalue weighted by Gasteiger charge is 2.34. The lowest BCUT2D eigenvalue weighted by Crippen LogP contribution is -2.06. The highest BCUT2D eigenvalue weighted by molar-refractivity contribution is 6.39. The van der Waals surface area contributed by atoms with Gasteiger partial charge in [-0.1, -0.05) is 69.4 Å². The number of methoxy groups -OCH3 is 1. The Morgan fingerprint density at radius 3 is 2.50 bits per heavy atom. The first-order chi connectivity index (χ1) is 19.4. The van der Waals surface area contributed by atoms with Gasteiger partial charge in [-0.05, 0) is 49.2 Å². The Hall–Kier alpha value is -3.52. The van der Waals surface area contributed by atoms with E-state index in [1.165, 1.54) is 7.11 Å². The fourth-order valence-electron chi connectivity index (χ4n) is 4.72. The maximum Gasteiger partial charge on any atom is 0.337 e. The molecular formula is C30H23Cl3N2O5. The molecule has 0 N–H and O–H groups in total. The molecule has 0 amide bonds. The van der Waals surface area contributed by atoms with Gasteiger partial charge in [0.25, 0.3) is 0 Å². The molecule has 204 valence electrons. The van der Waals surface area contributed by atoms with Crippen LogP contribution < -0.4 is 4.74 Å². The van der Waals surface area contributed by atoms with Crippen LogP contribution in [0.15, 0.2) is 70.3 Å². The molecule has 2 aliphatic rings. The lowest BCUT2D eigenvalue weighted by Gasteiger charge is -2.13. The van der Waals surface area contributed by atoms with Crippen LogP contribution in [0.1, 0.15) is 64.1 Å². The fourth-order valence-corrected chi connectivity index (χ4v) is 5.59. The monoisotopic (exact) mass is 596 g/mol. The molecule has 1 aliphatic carbocycles. The molecule has 1 aromatic heterocycles. The molecule has 2 heterocycles. The summed E-state index contributed by atoms with van der Waals surface area (Å²) in [5.74, 6) is 1.29. The molecule has 1 unspecified atom stereocenters. The number of benzene rings is 3. The van der Waals surface area contributed by atoms with Gasteiger partial charge in [0.05, 0.1) is 39.0 Å². The first kappa shape index (κ1) is 26.7. The molecule has 40 heavy (non-hydrogen) atoms. The van der Waals surface area contributed by atoms with Crippen molar-refractivity contribution < 1.29 is 23.6 Å². The number of carbonyl (C=O) groups excluding carboxylic acids is 1. The molecule has 10 heteroatoms. The van der Waals surface area contributed by atoms with Gasteiger partial charge < -0.3 is 18.8 Å². The molecule has 4 aromatic rings. The van der Waals surface area contributed by atoms with Crippen LogP contribution >= 0.6 is 34.8 Å². The van der Waals surface area contributed by atoms with E-state index in [2.05, 4.69) is 10.3 Å². The maximum absolute atomic E-state index is 11.9. The van der Waals surface area contributed by atoms with Gasteiger partial charge in [-0.3, -0.25) is 0 Å². The first-order valence-electron chi connectivity index (χ1n) is 12.7. The quantitative estimate of drug-likeness (QED) is 0.190. The number of oxime groups is 1. The van der Waals surface area contributed by atoms with Gasteiger partial charge in [0, 0.05) is 29.0 Å². The minimum Gasteiger partial charge on any atom is -0.489 e. The zero-order chi connectivity index (χ0) is 27.8. The predicted molar refractivity (Wildman–Crippen MR) is 152 cm³/mol. The summed E-state index contributed by atoms with van der Waals surface area (Å²) in [6.07, 6.45) is 2.21. The summed E-state index contributed by atoms with van der Waals surface area (Å²) in [4.78, 5) is 17.6. The summed E-state index contributed by atoms with van der Waals surface area (Å²) in [6.45, 7) is 0.214. The molecule has 1 aliphatic heterocycles. The SMILES string of the molecule is COC(=O)c1cccc(C2=NOC(c3ccc(OCc4c(-c5c(Cl)cccc5Cl)noc4C4CC4)cc3Cl)C2)c1. The van der Waals surface area contributed by atoms with E-state index in [0.717, 1.165) is 41.0 Å². The van der Waals surface area contributed by atoms with Gasteiger partial charge in [-0.2, -0.15) is 0 Å². The van der Waals surface area contributed by atoms with Gasteiger partial charge in [0.15, 0.2) is 6.10 Å². The van der Waals surface area contributed by atoms with E-state index >= 15 is 0 Å². The van der Waals surface area contributed by atoms with Crippen molar-refractivity contribution in [2.75, 3.05) is 7.11 Å². The standard InChI is InChI=1S/C30H23Cl3N2O5/c1-37-30(36)18-5-2-4-17(12-18)25-14-26(39-34-25)20-11-10-19(13-24(20)33)38-15-21-28(35-40-29(21)16-8-9-16)27-22(31)6-3-7-23(27)32/h2-7,10-13,16,26H,8-9,14-15H2,1H3. The molecule has 0 saturated heterocycles. The van der Waals surface area contributed by atoms with E-state index in [1.54, 1.807) is 42.5 Å². The third-order valence-electron chi connectivity index (χ3n) is 6.95. The zero-order valence-electron chi connectivity index (χ0n) is 21.3. The van der Waals surface area contributed by atoms with Gasteiger partial charge in [-0.15, -0.1) is 0 Å². The zero-order valence-corrected chi connectivity index (χ0v) is 23.6. The topological polar surface area (TPSA) is 83.2 Å². The van der Waals surface area contributed by atoms with Crippen LogP contribution in [0.2, 0.25) is 15.1 Å². The van der Waals surface area contributed by atoms with Crippen molar-refractivity contribution in [3.8, 4) is 17.0 Å². The number of carbonyl (C=O) groups is 1. The van der Waals surface area contributed by atoms with Crippen molar-refractivity contribution in [1.82, 2.24) is 5.16 Å². The van der Waals surface area contributed by atoms with Crippen molar-refractivity contribution in [1.29, 1.82) is 0 Å². The lowest BCUT2D eigenvalue weighted by molar-refractivity contribution is 0.0600. The Morgan fingerprint density at radius 2 is 1.77 bits per heavy atom. The van der Waals surface area contributed by atoms with Crippen molar-refractivity contribution in [3.63, 3.8) is 0 Å². The molecule has 0 bridgehead atoms. The number of rotatable bonds is 8. The molecule has 1 atom stereocenters. The van der Waals surface area contributed by atoms with Crippen molar-refractivity contribution in [2.24, 2.45) is 5.16 Å². The van der Waals surface area contributed by atoms with Gasteiger partial charge in [0.2, 0.25) is 0 Å². The minimum absolute atomic E-state index is 0.214. The second-order valence-corrected chi connectivity index (χ2v) is 10.8. The van der Waals surface area contributed by atoms with E-state index in [-0.39, 0.29) is 12.7 Å². The number of aromatic nitrogens is 1. The summed E-state index contributed by atoms with van der Waals surface area (Å²) in [5.41, 5.74) is 4.77. The number of ether oxygens (including phenoxy) is 2. The van der Waals surface area contributed by atoms with Crippen LogP contribution in [0, 0.1) is 0 Å². The summed E-state index contributed by atoms with van der Waals surface area (Å²) < 4.78 is 16.7. The van der Waals surface area contributed by atoms with E-state index in [1.807, 2.05) is 18.2 Å². The normalized spacial score (nSPS) is 16.4. The molecule has 0 spiro atoms. The largest absolute Gasteiger partial charge is 0.489 e. The highest BCUT2D eigenvalue weighted by Crippen LogP contribution is 2.46. The van der Waals surface area contributed by atoms with Crippen LogP contribution in [0.25, 0.3) is 11.3 Å². The number of halogens is 3. The van der Waals surface area contributed by atoms with Crippen LogP contribution in [-0.4, -0.2) is 23.9 Å². The number of hydrogen-bond donors (Lipinski definition) is 0. The first-order valence-corrected chi connectivity index (χ1v) is 13.8. The van der Waals surface area contributed by atoms with Crippen molar-refractivity contribution in [2.45, 2.75) is 37.9 Å². The highest BCUT2D eigenvalue weighted by atomic mass is 35.5. The molecule has 7 nitrogen and oxygen atoms in total. The summed E-state index contributed by atoms with van der Waals surface area (Å²) in [6, 6.07) is 17.9. The van der Waals surface area contributed by atoms with Crippen LogP contribution in [0.5, 0.6) is 5.75 Å². The fraction of sp³-hybridized carbons (Fsp3) is 0.233. The number of hydrogen-bond acceptors (Lipinski definition) is 7. The predicted octanol–water partition coefficient (Wildman–Crippen LogP) is 8.41. The van der Waals surface area contributed by atoms with Gasteiger partial charge >= 0.3 is 5.97 Å². The Balaban J connectivity index is 1.18. The van der Waals surface area contributed by atoms with Crippen LogP contribution in [-0.2, 0) is 16.2 Å². The second-order valence-electron chi connectivity index (χ2n) is 9.63. The summed E-state index contributed by atoms with van der Waals surface area (Å²) in [7, 11) is 1.35. The Morgan fingerprint density at radius 1 is 1.00 bits per heavy atom. The maximum atomic E-state index is 11.9. The Labute approximate surface area is 245 Å². The van der Waals surface area contributed by atoms with E-state index in [4.69, 9.17) is 53.6 Å². The van der Waals surface area contributed by atoms with E-state index in [0.29, 0.717) is 50.0 Å². The van der Waals surface area contributed by atoms with Gasteiger partial charge in [-0.25, -0.2) is 4.79 Å². The lowest BCUT2D eigenvalue weighted by atomic mass is 9.99. The molecular weight excluding hydrogens is 575 g/mol. The van der Waals surface area contributed by atoms with Crippen LogP contribution in [0.4, 0.5) is 0 Å². The molecule has 1 fully saturated rings. The number of nitrogens with zero attached hydrogens (tertiary/aromatic N) is 2. The molecule has 6 rings (SSSR count). The smallest absolute Gasteiger partial charge is 0.337 e. The molecule has 3 aromatic carbocycles.